The van der Waals surface area contributed by atoms with E-state index >= 15 is 0 Å². The number of nitrogens with zero attached hydrogens (tertiary/aromatic N) is 1. The van der Waals surface area contributed by atoms with Crippen molar-refractivity contribution < 1.29 is 4.79 Å². The van der Waals surface area contributed by atoms with E-state index in [0.717, 1.165) is 29.8 Å². The predicted molar refractivity (Wildman–Crippen MR) is 81.8 cm³/mol. The first-order valence-corrected chi connectivity index (χ1v) is 6.89. The van der Waals surface area contributed by atoms with Crippen molar-refractivity contribution in [2.75, 3.05) is 17.2 Å². The molecule has 1 aliphatic rings. The normalized spacial score (nSPS) is 13.3. The largest absolute Gasteiger partial charge is 0.397 e. The van der Waals surface area contributed by atoms with E-state index in [1.165, 1.54) is 5.56 Å². The molecular formula is C17H18N2O. The van der Waals surface area contributed by atoms with Crippen LogP contribution in [0.4, 0.5) is 11.4 Å². The van der Waals surface area contributed by atoms with E-state index in [4.69, 9.17) is 5.73 Å². The molecule has 1 heterocycles. The van der Waals surface area contributed by atoms with Crippen LogP contribution in [0.2, 0.25) is 0 Å². The number of aryl methyl sites for hydroxylation is 1. The van der Waals surface area contributed by atoms with Gasteiger partial charge in [-0.05, 0) is 36.1 Å². The lowest BCUT2D eigenvalue weighted by atomic mass is 10.1. The minimum atomic E-state index is 0.121. The van der Waals surface area contributed by atoms with Crippen LogP contribution in [0.5, 0.6) is 0 Å². The fraction of sp³-hybridized carbons (Fsp3) is 0.235. The first-order valence-electron chi connectivity index (χ1n) is 6.89. The Morgan fingerprint density at radius 3 is 2.80 bits per heavy atom. The standard InChI is InChI=1S/C17H18N2O/c1-12-5-2-3-6-14(12)11-16(20)19-10-9-13-7-4-8-15(18)17(13)19/h2-8H,9-11,18H2,1H3. The van der Waals surface area contributed by atoms with Gasteiger partial charge in [0.25, 0.3) is 0 Å². The fourth-order valence-electron chi connectivity index (χ4n) is 2.80. The van der Waals surface area contributed by atoms with E-state index in [1.54, 1.807) is 0 Å². The summed E-state index contributed by atoms with van der Waals surface area (Å²) in [7, 11) is 0. The maximum absolute atomic E-state index is 12.6. The minimum absolute atomic E-state index is 0.121. The van der Waals surface area contributed by atoms with E-state index in [9.17, 15) is 4.79 Å². The number of carbonyl (C=O) groups is 1. The van der Waals surface area contributed by atoms with Crippen molar-refractivity contribution in [2.24, 2.45) is 0 Å². The Bertz CT molecular complexity index is 664. The predicted octanol–water partition coefficient (Wildman–Crippen LogP) is 2.71. The second-order valence-electron chi connectivity index (χ2n) is 5.25. The van der Waals surface area contributed by atoms with Crippen LogP contribution >= 0.6 is 0 Å². The van der Waals surface area contributed by atoms with Gasteiger partial charge in [-0.3, -0.25) is 4.79 Å². The van der Waals surface area contributed by atoms with Crippen molar-refractivity contribution in [3.05, 3.63) is 59.2 Å². The molecule has 0 fully saturated rings. The van der Waals surface area contributed by atoms with E-state index in [-0.39, 0.29) is 5.91 Å². The first kappa shape index (κ1) is 12.7. The summed E-state index contributed by atoms with van der Waals surface area (Å²) >= 11 is 0. The summed E-state index contributed by atoms with van der Waals surface area (Å²) in [5, 5.41) is 0. The van der Waals surface area contributed by atoms with Crippen LogP contribution in [0.1, 0.15) is 16.7 Å². The molecule has 0 saturated carbocycles. The molecule has 0 bridgehead atoms. The topological polar surface area (TPSA) is 46.3 Å². The Hall–Kier alpha value is -2.29. The number of hydrogen-bond donors (Lipinski definition) is 1. The third-order valence-corrected chi connectivity index (χ3v) is 3.93. The highest BCUT2D eigenvalue weighted by atomic mass is 16.2. The van der Waals surface area contributed by atoms with Gasteiger partial charge in [0.05, 0.1) is 17.8 Å². The highest BCUT2D eigenvalue weighted by Gasteiger charge is 2.26. The number of fused-ring (bicyclic) bond motifs is 1. The second-order valence-corrected chi connectivity index (χ2v) is 5.25. The minimum Gasteiger partial charge on any atom is -0.397 e. The molecule has 1 amide bonds. The van der Waals surface area contributed by atoms with Crippen LogP contribution in [0, 0.1) is 6.92 Å². The molecule has 0 saturated heterocycles. The van der Waals surface area contributed by atoms with Gasteiger partial charge in [-0.1, -0.05) is 36.4 Å². The van der Waals surface area contributed by atoms with Gasteiger partial charge in [-0.25, -0.2) is 0 Å². The third-order valence-electron chi connectivity index (χ3n) is 3.93. The summed E-state index contributed by atoms with van der Waals surface area (Å²) in [6, 6.07) is 13.9. The van der Waals surface area contributed by atoms with Crippen molar-refractivity contribution in [1.29, 1.82) is 0 Å². The summed E-state index contributed by atoms with van der Waals surface area (Å²) in [5.41, 5.74) is 11.0. The molecule has 0 atom stereocenters. The van der Waals surface area contributed by atoms with Crippen LogP contribution in [-0.2, 0) is 17.6 Å². The van der Waals surface area contributed by atoms with Crippen molar-refractivity contribution >= 4 is 17.3 Å². The van der Waals surface area contributed by atoms with Crippen LogP contribution in [0.3, 0.4) is 0 Å². The molecule has 0 unspecified atom stereocenters. The summed E-state index contributed by atoms with van der Waals surface area (Å²) < 4.78 is 0. The molecule has 3 nitrogen and oxygen atoms in total. The van der Waals surface area contributed by atoms with Crippen molar-refractivity contribution in [1.82, 2.24) is 0 Å². The number of benzene rings is 2. The summed E-state index contributed by atoms with van der Waals surface area (Å²) in [6.45, 7) is 2.77. The lowest BCUT2D eigenvalue weighted by molar-refractivity contribution is -0.117. The van der Waals surface area contributed by atoms with E-state index in [2.05, 4.69) is 0 Å². The molecule has 2 aromatic carbocycles. The number of carbonyl (C=O) groups excluding carboxylic acids is 1. The van der Waals surface area contributed by atoms with Crippen LogP contribution in [0.25, 0.3) is 0 Å². The smallest absolute Gasteiger partial charge is 0.231 e. The summed E-state index contributed by atoms with van der Waals surface area (Å²) in [5.74, 6) is 0.121. The Balaban J connectivity index is 1.86. The van der Waals surface area contributed by atoms with E-state index < -0.39 is 0 Å². The second kappa shape index (κ2) is 5.00. The summed E-state index contributed by atoms with van der Waals surface area (Å²) in [4.78, 5) is 14.4. The van der Waals surface area contributed by atoms with E-state index in [1.807, 2.05) is 54.3 Å². The van der Waals surface area contributed by atoms with Crippen LogP contribution in [0.15, 0.2) is 42.5 Å². The molecule has 20 heavy (non-hydrogen) atoms. The quantitative estimate of drug-likeness (QED) is 0.849. The monoisotopic (exact) mass is 266 g/mol. The lowest BCUT2D eigenvalue weighted by Crippen LogP contribution is -2.31. The number of rotatable bonds is 2. The van der Waals surface area contributed by atoms with Gasteiger partial charge in [-0.2, -0.15) is 0 Å². The van der Waals surface area contributed by atoms with E-state index in [0.29, 0.717) is 12.1 Å². The molecule has 0 aromatic heterocycles. The lowest BCUT2D eigenvalue weighted by Gasteiger charge is -2.19. The van der Waals surface area contributed by atoms with Gasteiger partial charge >= 0.3 is 0 Å². The molecule has 0 aliphatic carbocycles. The number of nitrogens with two attached hydrogens (primary N) is 1. The molecular weight excluding hydrogens is 248 g/mol. The number of hydrogen-bond acceptors (Lipinski definition) is 2. The Morgan fingerprint density at radius 2 is 2.00 bits per heavy atom. The molecule has 0 spiro atoms. The van der Waals surface area contributed by atoms with Gasteiger partial charge in [0.1, 0.15) is 0 Å². The van der Waals surface area contributed by atoms with Gasteiger partial charge in [-0.15, -0.1) is 0 Å². The van der Waals surface area contributed by atoms with Gasteiger partial charge < -0.3 is 10.6 Å². The van der Waals surface area contributed by atoms with Crippen molar-refractivity contribution in [3.63, 3.8) is 0 Å². The molecule has 102 valence electrons. The molecule has 3 rings (SSSR count). The zero-order valence-electron chi connectivity index (χ0n) is 11.6. The molecule has 1 aliphatic heterocycles. The van der Waals surface area contributed by atoms with Crippen LogP contribution in [-0.4, -0.2) is 12.5 Å². The first-order chi connectivity index (χ1) is 9.66. The Kier molecular flexibility index (Phi) is 3.18. The average molecular weight is 266 g/mol. The Morgan fingerprint density at radius 1 is 1.20 bits per heavy atom. The number of para-hydroxylation sites is 1. The van der Waals surface area contributed by atoms with Gasteiger partial charge in [0.2, 0.25) is 5.91 Å². The average Bonchev–Trinajstić information content (AvgIpc) is 2.87. The summed E-state index contributed by atoms with van der Waals surface area (Å²) in [6.07, 6.45) is 1.32. The van der Waals surface area contributed by atoms with Gasteiger partial charge in [0, 0.05) is 6.54 Å². The zero-order chi connectivity index (χ0) is 14.1. The van der Waals surface area contributed by atoms with Gasteiger partial charge in [0.15, 0.2) is 0 Å². The SMILES string of the molecule is Cc1ccccc1CC(=O)N1CCc2cccc(N)c21. The van der Waals surface area contributed by atoms with Crippen molar-refractivity contribution in [3.8, 4) is 0 Å². The molecule has 2 aromatic rings. The zero-order valence-corrected chi connectivity index (χ0v) is 11.6. The number of nitrogen functional groups attached to an aromatic ring is 1. The Labute approximate surface area is 119 Å². The maximum Gasteiger partial charge on any atom is 0.231 e. The number of anilines is 2. The molecule has 3 heteroatoms. The number of amides is 1. The third kappa shape index (κ3) is 2.16. The van der Waals surface area contributed by atoms with Crippen molar-refractivity contribution in [2.45, 2.75) is 19.8 Å². The molecule has 0 radical (unpaired) electrons. The highest BCUT2D eigenvalue weighted by molar-refractivity contribution is 5.99. The maximum atomic E-state index is 12.6. The van der Waals surface area contributed by atoms with Crippen LogP contribution < -0.4 is 10.6 Å². The molecule has 2 N–H and O–H groups in total. The fourth-order valence-corrected chi connectivity index (χ4v) is 2.80. The highest BCUT2D eigenvalue weighted by Crippen LogP contribution is 2.34.